The Morgan fingerprint density at radius 3 is 2.39 bits per heavy atom. The van der Waals surface area contributed by atoms with Gasteiger partial charge in [0.2, 0.25) is 10.0 Å². The first-order valence-corrected chi connectivity index (χ1v) is 12.2. The molecule has 0 fully saturated rings. The highest BCUT2D eigenvalue weighted by molar-refractivity contribution is 9.10. The van der Waals surface area contributed by atoms with Crippen molar-refractivity contribution in [1.82, 2.24) is 0 Å². The second-order valence-corrected chi connectivity index (χ2v) is 10.1. The van der Waals surface area contributed by atoms with Gasteiger partial charge >= 0.3 is 0 Å². The number of unbranched alkanes of at least 4 members (excludes halogenated alkanes) is 1. The largest absolute Gasteiger partial charge is 0.495 e. The van der Waals surface area contributed by atoms with Gasteiger partial charge in [0.05, 0.1) is 23.4 Å². The lowest BCUT2D eigenvalue weighted by Gasteiger charge is -2.16. The van der Waals surface area contributed by atoms with Crippen LogP contribution in [0.15, 0.2) is 50.7 Å². The van der Waals surface area contributed by atoms with Crippen LogP contribution < -0.4 is 19.9 Å². The van der Waals surface area contributed by atoms with Crippen molar-refractivity contribution in [2.75, 3.05) is 23.7 Å². The molecule has 0 spiro atoms. The molecular formula is C17H22BrN3O5S2. The summed E-state index contributed by atoms with van der Waals surface area (Å²) in [4.78, 5) is -0.294. The SMILES string of the molecule is CCCCNc1ccc(S(N)(=O)=O)cc1NS(=O)(=O)c1cc(Br)ccc1OC. The number of methoxy groups -OCH3 is 1. The standard InChI is InChI=1S/C17H22BrN3O5S2/c1-3-4-9-20-14-7-6-13(27(19,22)23)11-15(14)21-28(24,25)17-10-12(18)5-8-16(17)26-2/h5-8,10-11,20-21H,3-4,9H2,1-2H3,(H2,19,22,23). The predicted molar refractivity (Wildman–Crippen MR) is 113 cm³/mol. The van der Waals surface area contributed by atoms with E-state index in [1.807, 2.05) is 6.92 Å². The molecule has 0 saturated carbocycles. The minimum Gasteiger partial charge on any atom is -0.495 e. The summed E-state index contributed by atoms with van der Waals surface area (Å²) in [6.07, 6.45) is 1.81. The van der Waals surface area contributed by atoms with E-state index in [1.165, 1.54) is 37.4 Å². The highest BCUT2D eigenvalue weighted by Gasteiger charge is 2.22. The minimum absolute atomic E-state index is 0.0738. The molecule has 0 aliphatic carbocycles. The fourth-order valence-electron chi connectivity index (χ4n) is 2.40. The van der Waals surface area contributed by atoms with Crippen LogP contribution in [0.2, 0.25) is 0 Å². The fourth-order valence-corrected chi connectivity index (χ4v) is 4.72. The number of nitrogens with one attached hydrogen (secondary N) is 2. The number of rotatable bonds is 9. The van der Waals surface area contributed by atoms with Crippen LogP contribution in [-0.4, -0.2) is 30.5 Å². The molecule has 0 bridgehead atoms. The molecule has 0 aromatic heterocycles. The summed E-state index contributed by atoms with van der Waals surface area (Å²) >= 11 is 3.24. The van der Waals surface area contributed by atoms with Crippen molar-refractivity contribution < 1.29 is 21.6 Å². The topological polar surface area (TPSA) is 128 Å². The van der Waals surface area contributed by atoms with Crippen LogP contribution in [0, 0.1) is 0 Å². The third kappa shape index (κ3) is 5.60. The zero-order chi connectivity index (χ0) is 20.9. The molecule has 28 heavy (non-hydrogen) atoms. The number of nitrogens with two attached hydrogens (primary N) is 1. The molecule has 4 N–H and O–H groups in total. The van der Waals surface area contributed by atoms with E-state index in [2.05, 4.69) is 26.0 Å². The maximum Gasteiger partial charge on any atom is 0.265 e. The zero-order valence-electron chi connectivity index (χ0n) is 15.4. The molecule has 8 nitrogen and oxygen atoms in total. The van der Waals surface area contributed by atoms with Gasteiger partial charge in [-0.1, -0.05) is 29.3 Å². The summed E-state index contributed by atoms with van der Waals surface area (Å²) in [5, 5.41) is 8.29. The average molecular weight is 492 g/mol. The molecule has 0 aliphatic rings. The van der Waals surface area contributed by atoms with E-state index in [4.69, 9.17) is 9.88 Å². The Labute approximate surface area is 173 Å². The van der Waals surface area contributed by atoms with E-state index in [-0.39, 0.29) is 21.2 Å². The van der Waals surface area contributed by atoms with E-state index in [0.29, 0.717) is 16.7 Å². The van der Waals surface area contributed by atoms with Crippen molar-refractivity contribution in [2.24, 2.45) is 5.14 Å². The fraction of sp³-hybridized carbons (Fsp3) is 0.294. The molecule has 2 aromatic rings. The zero-order valence-corrected chi connectivity index (χ0v) is 18.6. The van der Waals surface area contributed by atoms with Crippen molar-refractivity contribution in [3.8, 4) is 5.75 Å². The molecule has 0 saturated heterocycles. The third-order valence-electron chi connectivity index (χ3n) is 3.82. The number of benzene rings is 2. The molecule has 0 atom stereocenters. The third-order valence-corrected chi connectivity index (χ3v) is 6.62. The van der Waals surface area contributed by atoms with E-state index in [9.17, 15) is 16.8 Å². The van der Waals surface area contributed by atoms with Gasteiger partial charge in [-0.15, -0.1) is 0 Å². The van der Waals surface area contributed by atoms with E-state index >= 15 is 0 Å². The van der Waals surface area contributed by atoms with Gasteiger partial charge in [-0.2, -0.15) is 0 Å². The maximum absolute atomic E-state index is 13.0. The van der Waals surface area contributed by atoms with Gasteiger partial charge in [-0.3, -0.25) is 4.72 Å². The van der Waals surface area contributed by atoms with Crippen molar-refractivity contribution in [2.45, 2.75) is 29.6 Å². The minimum atomic E-state index is -4.07. The van der Waals surface area contributed by atoms with Gasteiger partial charge in [0.15, 0.2) is 0 Å². The molecule has 2 aromatic carbocycles. The Kier molecular flexibility index (Phi) is 7.32. The molecule has 2 rings (SSSR count). The van der Waals surface area contributed by atoms with Crippen molar-refractivity contribution in [1.29, 1.82) is 0 Å². The number of ether oxygens (including phenoxy) is 1. The van der Waals surface area contributed by atoms with Crippen molar-refractivity contribution in [3.05, 3.63) is 40.9 Å². The van der Waals surface area contributed by atoms with Crippen molar-refractivity contribution in [3.63, 3.8) is 0 Å². The molecule has 0 heterocycles. The van der Waals surface area contributed by atoms with Crippen LogP contribution in [0.25, 0.3) is 0 Å². The summed E-state index contributed by atoms with van der Waals surface area (Å²) in [7, 11) is -6.71. The van der Waals surface area contributed by atoms with E-state index < -0.39 is 20.0 Å². The second kappa shape index (κ2) is 9.12. The second-order valence-electron chi connectivity index (χ2n) is 5.93. The molecule has 0 radical (unpaired) electrons. The van der Waals surface area contributed by atoms with Gasteiger partial charge in [-0.05, 0) is 42.8 Å². The lowest BCUT2D eigenvalue weighted by Crippen LogP contribution is -2.17. The van der Waals surface area contributed by atoms with Crippen LogP contribution in [0.3, 0.4) is 0 Å². The summed E-state index contributed by atoms with van der Waals surface area (Å²) < 4.78 is 57.4. The summed E-state index contributed by atoms with van der Waals surface area (Å²) in [6.45, 7) is 2.62. The molecular weight excluding hydrogens is 470 g/mol. The van der Waals surface area contributed by atoms with E-state index in [0.717, 1.165) is 12.8 Å². The molecule has 154 valence electrons. The molecule has 0 amide bonds. The number of primary sulfonamides is 1. The summed E-state index contributed by atoms with van der Waals surface area (Å²) in [6, 6.07) is 8.55. The van der Waals surface area contributed by atoms with Gasteiger partial charge < -0.3 is 10.1 Å². The molecule has 0 unspecified atom stereocenters. The highest BCUT2D eigenvalue weighted by Crippen LogP contribution is 2.32. The Balaban J connectivity index is 2.51. The number of hydrogen-bond donors (Lipinski definition) is 3. The predicted octanol–water partition coefficient (Wildman–Crippen LogP) is 3.12. The van der Waals surface area contributed by atoms with Crippen LogP contribution in [-0.2, 0) is 20.0 Å². The first-order valence-electron chi connectivity index (χ1n) is 8.35. The van der Waals surface area contributed by atoms with Crippen molar-refractivity contribution >= 4 is 47.4 Å². The Morgan fingerprint density at radius 1 is 1.07 bits per heavy atom. The average Bonchev–Trinajstić information content (AvgIpc) is 2.62. The van der Waals surface area contributed by atoms with Gasteiger partial charge in [0.1, 0.15) is 10.6 Å². The summed E-state index contributed by atoms with van der Waals surface area (Å²) in [5.74, 6) is 0.152. The van der Waals surface area contributed by atoms with Crippen LogP contribution in [0.4, 0.5) is 11.4 Å². The Hall–Kier alpha value is -1.82. The normalized spacial score (nSPS) is 11.9. The van der Waals surface area contributed by atoms with Crippen LogP contribution >= 0.6 is 15.9 Å². The number of halogens is 1. The number of anilines is 2. The van der Waals surface area contributed by atoms with Gasteiger partial charge in [0, 0.05) is 11.0 Å². The number of sulfonamides is 2. The lowest BCUT2D eigenvalue weighted by atomic mass is 10.2. The maximum atomic E-state index is 13.0. The molecule has 0 aliphatic heterocycles. The lowest BCUT2D eigenvalue weighted by molar-refractivity contribution is 0.403. The number of hydrogen-bond acceptors (Lipinski definition) is 6. The Morgan fingerprint density at radius 2 is 1.79 bits per heavy atom. The first kappa shape index (κ1) is 22.5. The molecule has 11 heteroatoms. The summed E-state index contributed by atoms with van der Waals surface area (Å²) in [5.41, 5.74) is 0.517. The quantitative estimate of drug-likeness (QED) is 0.462. The van der Waals surface area contributed by atoms with Gasteiger partial charge in [-0.25, -0.2) is 22.0 Å². The van der Waals surface area contributed by atoms with Crippen LogP contribution in [0.1, 0.15) is 19.8 Å². The van der Waals surface area contributed by atoms with Crippen LogP contribution in [0.5, 0.6) is 5.75 Å². The highest BCUT2D eigenvalue weighted by atomic mass is 79.9. The first-order chi connectivity index (χ1) is 13.1. The van der Waals surface area contributed by atoms with Gasteiger partial charge in [0.25, 0.3) is 10.0 Å². The monoisotopic (exact) mass is 491 g/mol. The van der Waals surface area contributed by atoms with E-state index in [1.54, 1.807) is 6.07 Å². The smallest absolute Gasteiger partial charge is 0.265 e. The Bertz CT molecular complexity index is 1060.